The van der Waals surface area contributed by atoms with Crippen molar-refractivity contribution in [2.45, 2.75) is 45.7 Å². The van der Waals surface area contributed by atoms with Crippen molar-refractivity contribution in [3.8, 4) is 0 Å². The lowest BCUT2D eigenvalue weighted by Gasteiger charge is -2.23. The molecular weight excluding hydrogens is 348 g/mol. The summed E-state index contributed by atoms with van der Waals surface area (Å²) in [7, 11) is 2.16. The predicted molar refractivity (Wildman–Crippen MR) is 111 cm³/mol. The maximum absolute atomic E-state index is 6.28. The number of hydrogen-bond acceptors (Lipinski definition) is 4. The number of guanidine groups is 1. The van der Waals surface area contributed by atoms with Crippen LogP contribution < -0.4 is 15.5 Å². The van der Waals surface area contributed by atoms with Crippen LogP contribution in [-0.2, 0) is 0 Å². The van der Waals surface area contributed by atoms with Crippen LogP contribution in [0.25, 0.3) is 0 Å². The van der Waals surface area contributed by atoms with Gasteiger partial charge in [0.1, 0.15) is 5.82 Å². The molecule has 26 heavy (non-hydrogen) atoms. The molecule has 0 spiro atoms. The lowest BCUT2D eigenvalue weighted by Crippen LogP contribution is -2.45. The van der Waals surface area contributed by atoms with Crippen LogP contribution in [-0.4, -0.2) is 67.7 Å². The molecule has 2 rings (SSSR count). The van der Waals surface area contributed by atoms with E-state index < -0.39 is 0 Å². The van der Waals surface area contributed by atoms with E-state index in [1.807, 2.05) is 12.1 Å². The van der Waals surface area contributed by atoms with Crippen molar-refractivity contribution >= 4 is 23.4 Å². The highest BCUT2D eigenvalue weighted by molar-refractivity contribution is 6.32. The van der Waals surface area contributed by atoms with E-state index in [0.29, 0.717) is 17.1 Å². The molecule has 0 saturated carbocycles. The van der Waals surface area contributed by atoms with Gasteiger partial charge in [0.2, 0.25) is 0 Å². The van der Waals surface area contributed by atoms with Crippen LogP contribution in [0.1, 0.15) is 33.6 Å². The first-order valence-electron chi connectivity index (χ1n) is 9.65. The second kappa shape index (κ2) is 10.6. The summed E-state index contributed by atoms with van der Waals surface area (Å²) >= 11 is 6.28. The maximum atomic E-state index is 6.28. The van der Waals surface area contributed by atoms with Crippen molar-refractivity contribution in [3.63, 3.8) is 0 Å². The van der Waals surface area contributed by atoms with E-state index in [1.165, 1.54) is 0 Å². The first kappa shape index (κ1) is 20.8. The maximum Gasteiger partial charge on any atom is 0.191 e. The number of halogens is 1. The number of aromatic nitrogens is 1. The van der Waals surface area contributed by atoms with E-state index in [4.69, 9.17) is 16.6 Å². The van der Waals surface area contributed by atoms with Gasteiger partial charge in [-0.15, -0.1) is 0 Å². The van der Waals surface area contributed by atoms with E-state index >= 15 is 0 Å². The van der Waals surface area contributed by atoms with Crippen LogP contribution >= 0.6 is 11.6 Å². The summed E-state index contributed by atoms with van der Waals surface area (Å²) in [6, 6.07) is 4.69. The lowest BCUT2D eigenvalue weighted by molar-refractivity contribution is 0.259. The molecule has 2 heterocycles. The smallest absolute Gasteiger partial charge is 0.191 e. The molecule has 2 N–H and O–H groups in total. The second-order valence-electron chi connectivity index (χ2n) is 6.88. The molecule has 2 unspecified atom stereocenters. The molecule has 1 saturated heterocycles. The standard InChI is InChI=1S/C19H33ClN6/c1-5-15(3)25(4)13-11-23-19(21-6-2)24-16-9-12-26(14-16)18-17(20)8-7-10-22-18/h7-8,10,15-16H,5-6,9,11-14H2,1-4H3,(H2,21,23,24). The minimum absolute atomic E-state index is 0.346. The molecule has 1 aromatic rings. The summed E-state index contributed by atoms with van der Waals surface area (Å²) in [6.07, 6.45) is 4.00. The molecule has 0 aliphatic carbocycles. The average molecular weight is 381 g/mol. The van der Waals surface area contributed by atoms with Gasteiger partial charge in [0.15, 0.2) is 5.96 Å². The second-order valence-corrected chi connectivity index (χ2v) is 7.29. The molecule has 2 atom stereocenters. The van der Waals surface area contributed by atoms with Crippen molar-refractivity contribution in [1.29, 1.82) is 0 Å². The molecule has 7 heteroatoms. The topological polar surface area (TPSA) is 55.8 Å². The minimum atomic E-state index is 0.346. The van der Waals surface area contributed by atoms with E-state index in [0.717, 1.165) is 57.3 Å². The van der Waals surface area contributed by atoms with Gasteiger partial charge in [0.05, 0.1) is 11.6 Å². The van der Waals surface area contributed by atoms with Crippen molar-refractivity contribution in [2.75, 3.05) is 44.7 Å². The van der Waals surface area contributed by atoms with Crippen LogP contribution in [0.4, 0.5) is 5.82 Å². The van der Waals surface area contributed by atoms with Crippen molar-refractivity contribution in [1.82, 2.24) is 20.5 Å². The zero-order valence-electron chi connectivity index (χ0n) is 16.5. The molecule has 1 fully saturated rings. The highest BCUT2D eigenvalue weighted by atomic mass is 35.5. The Kier molecular flexibility index (Phi) is 8.45. The number of pyridine rings is 1. The minimum Gasteiger partial charge on any atom is -0.357 e. The van der Waals surface area contributed by atoms with Gasteiger partial charge in [-0.2, -0.15) is 0 Å². The van der Waals surface area contributed by atoms with Gasteiger partial charge in [-0.3, -0.25) is 4.99 Å². The SMILES string of the molecule is CCNC(=NCCN(C)C(C)CC)NC1CCN(c2ncccc2Cl)C1. The molecule has 0 bridgehead atoms. The van der Waals surface area contributed by atoms with Crippen LogP contribution in [0.2, 0.25) is 5.02 Å². The molecule has 0 aromatic carbocycles. The van der Waals surface area contributed by atoms with Crippen LogP contribution in [0, 0.1) is 0 Å². The number of anilines is 1. The quantitative estimate of drug-likeness (QED) is 0.536. The van der Waals surface area contributed by atoms with Gasteiger partial charge in [-0.1, -0.05) is 18.5 Å². The largest absolute Gasteiger partial charge is 0.357 e. The summed E-state index contributed by atoms with van der Waals surface area (Å²) < 4.78 is 0. The monoisotopic (exact) mass is 380 g/mol. The molecule has 1 aromatic heterocycles. The normalized spacial score (nSPS) is 19.1. The predicted octanol–water partition coefficient (Wildman–Crippen LogP) is 2.60. The Hall–Kier alpha value is -1.53. The fourth-order valence-corrected chi connectivity index (χ4v) is 3.29. The van der Waals surface area contributed by atoms with E-state index in [1.54, 1.807) is 6.20 Å². The molecule has 1 aliphatic rings. The van der Waals surface area contributed by atoms with Gasteiger partial charge in [0, 0.05) is 44.5 Å². The number of nitrogens with zero attached hydrogens (tertiary/aromatic N) is 4. The molecule has 6 nitrogen and oxygen atoms in total. The van der Waals surface area contributed by atoms with Gasteiger partial charge in [0.25, 0.3) is 0 Å². The Bertz CT molecular complexity index is 579. The number of rotatable bonds is 8. The molecule has 0 amide bonds. The van der Waals surface area contributed by atoms with Crippen LogP contribution in [0.15, 0.2) is 23.3 Å². The fourth-order valence-electron chi connectivity index (χ4n) is 3.05. The summed E-state index contributed by atoms with van der Waals surface area (Å²) in [4.78, 5) is 13.8. The number of aliphatic imine (C=N–C) groups is 1. The first-order chi connectivity index (χ1) is 12.5. The lowest BCUT2D eigenvalue weighted by atomic mass is 10.2. The first-order valence-corrected chi connectivity index (χ1v) is 10.0. The summed E-state index contributed by atoms with van der Waals surface area (Å²) in [5, 5.41) is 7.62. The highest BCUT2D eigenvalue weighted by Crippen LogP contribution is 2.25. The Labute approximate surface area is 163 Å². The fraction of sp³-hybridized carbons (Fsp3) is 0.684. The van der Waals surface area contributed by atoms with Gasteiger partial charge >= 0.3 is 0 Å². The van der Waals surface area contributed by atoms with E-state index in [-0.39, 0.29) is 0 Å². The summed E-state index contributed by atoms with van der Waals surface area (Å²) in [5.74, 6) is 1.76. The zero-order chi connectivity index (χ0) is 18.9. The Morgan fingerprint density at radius 3 is 3.00 bits per heavy atom. The Morgan fingerprint density at radius 1 is 1.50 bits per heavy atom. The van der Waals surface area contributed by atoms with Crippen molar-refractivity contribution in [3.05, 3.63) is 23.4 Å². The van der Waals surface area contributed by atoms with E-state index in [2.05, 4.69) is 53.2 Å². The van der Waals surface area contributed by atoms with Gasteiger partial charge in [-0.25, -0.2) is 4.98 Å². The van der Waals surface area contributed by atoms with Crippen molar-refractivity contribution in [2.24, 2.45) is 4.99 Å². The van der Waals surface area contributed by atoms with Gasteiger partial charge in [-0.05, 0) is 45.9 Å². The van der Waals surface area contributed by atoms with E-state index in [9.17, 15) is 0 Å². The Morgan fingerprint density at radius 2 is 2.31 bits per heavy atom. The number of likely N-dealkylation sites (N-methyl/N-ethyl adjacent to an activating group) is 1. The Balaban J connectivity index is 1.87. The molecular formula is C19H33ClN6. The third kappa shape index (κ3) is 6.02. The van der Waals surface area contributed by atoms with Crippen molar-refractivity contribution < 1.29 is 0 Å². The average Bonchev–Trinajstić information content (AvgIpc) is 3.09. The zero-order valence-corrected chi connectivity index (χ0v) is 17.3. The number of nitrogens with one attached hydrogen (secondary N) is 2. The third-order valence-electron chi connectivity index (χ3n) is 4.98. The number of hydrogen-bond donors (Lipinski definition) is 2. The van der Waals surface area contributed by atoms with Crippen LogP contribution in [0.3, 0.4) is 0 Å². The third-order valence-corrected chi connectivity index (χ3v) is 5.27. The van der Waals surface area contributed by atoms with Crippen LogP contribution in [0.5, 0.6) is 0 Å². The molecule has 146 valence electrons. The molecule has 0 radical (unpaired) electrons. The molecule has 1 aliphatic heterocycles. The van der Waals surface area contributed by atoms with Gasteiger partial charge < -0.3 is 20.4 Å². The summed E-state index contributed by atoms with van der Waals surface area (Å²) in [5.41, 5.74) is 0. The summed E-state index contributed by atoms with van der Waals surface area (Å²) in [6.45, 7) is 11.0. The highest BCUT2D eigenvalue weighted by Gasteiger charge is 2.25.